The van der Waals surface area contributed by atoms with E-state index in [0.29, 0.717) is 19.6 Å². The van der Waals surface area contributed by atoms with Gasteiger partial charge in [-0.2, -0.15) is 0 Å². The van der Waals surface area contributed by atoms with Crippen molar-refractivity contribution in [3.05, 3.63) is 0 Å². The summed E-state index contributed by atoms with van der Waals surface area (Å²) in [5.41, 5.74) is 5.52. The molecule has 0 saturated carbocycles. The van der Waals surface area contributed by atoms with E-state index in [1.807, 2.05) is 11.8 Å². The first kappa shape index (κ1) is 12.8. The van der Waals surface area contributed by atoms with Crippen LogP contribution < -0.4 is 5.73 Å². The summed E-state index contributed by atoms with van der Waals surface area (Å²) in [4.78, 5) is 2.00. The summed E-state index contributed by atoms with van der Waals surface area (Å²) in [6, 6.07) is 0.198. The molecular formula is C9H22N2O2. The first-order valence-corrected chi connectivity index (χ1v) is 4.77. The van der Waals surface area contributed by atoms with E-state index in [2.05, 4.69) is 0 Å². The van der Waals surface area contributed by atoms with Crippen molar-refractivity contribution in [1.29, 1.82) is 0 Å². The molecule has 0 aliphatic heterocycles. The molecule has 0 aromatic carbocycles. The van der Waals surface area contributed by atoms with Gasteiger partial charge in [0.15, 0.2) is 0 Å². The lowest BCUT2D eigenvalue weighted by molar-refractivity contribution is 0.0636. The van der Waals surface area contributed by atoms with Crippen molar-refractivity contribution in [2.24, 2.45) is 5.73 Å². The fourth-order valence-electron chi connectivity index (χ4n) is 1.26. The van der Waals surface area contributed by atoms with E-state index in [1.165, 1.54) is 0 Å². The molecule has 0 amide bonds. The zero-order chi connectivity index (χ0) is 10.4. The Kier molecular flexibility index (Phi) is 6.24. The van der Waals surface area contributed by atoms with Gasteiger partial charge >= 0.3 is 0 Å². The Hall–Kier alpha value is -0.160. The minimum atomic E-state index is -0.382. The van der Waals surface area contributed by atoms with Gasteiger partial charge in [-0.3, -0.25) is 4.90 Å². The molecule has 0 heterocycles. The zero-order valence-electron chi connectivity index (χ0n) is 8.77. The van der Waals surface area contributed by atoms with Crippen LogP contribution in [0.5, 0.6) is 0 Å². The molecule has 4 heteroatoms. The molecule has 3 unspecified atom stereocenters. The van der Waals surface area contributed by atoms with Gasteiger partial charge in [0.2, 0.25) is 0 Å². The smallest absolute Gasteiger partial charge is 0.0639 e. The summed E-state index contributed by atoms with van der Waals surface area (Å²) in [6.07, 6.45) is -0.763. The van der Waals surface area contributed by atoms with Crippen LogP contribution in [-0.2, 0) is 0 Å². The fraction of sp³-hybridized carbons (Fsp3) is 1.00. The average molecular weight is 190 g/mol. The number of hydrogen-bond donors (Lipinski definition) is 3. The van der Waals surface area contributed by atoms with Crippen LogP contribution in [0.25, 0.3) is 0 Å². The third-order valence-corrected chi connectivity index (χ3v) is 1.96. The monoisotopic (exact) mass is 190 g/mol. The number of nitrogens with zero attached hydrogens (tertiary/aromatic N) is 1. The number of rotatable bonds is 6. The molecular weight excluding hydrogens is 168 g/mol. The fourth-order valence-corrected chi connectivity index (χ4v) is 1.26. The Bertz CT molecular complexity index is 119. The zero-order valence-corrected chi connectivity index (χ0v) is 8.77. The van der Waals surface area contributed by atoms with Crippen molar-refractivity contribution >= 4 is 0 Å². The second kappa shape index (κ2) is 6.32. The second-order valence-electron chi connectivity index (χ2n) is 3.74. The number of aliphatic hydroxyl groups is 2. The second-order valence-corrected chi connectivity index (χ2v) is 3.74. The van der Waals surface area contributed by atoms with Gasteiger partial charge in [-0.1, -0.05) is 0 Å². The first-order chi connectivity index (χ1) is 5.97. The van der Waals surface area contributed by atoms with Crippen molar-refractivity contribution in [1.82, 2.24) is 4.90 Å². The molecule has 0 aromatic rings. The van der Waals surface area contributed by atoms with Crippen LogP contribution in [0.1, 0.15) is 20.8 Å². The van der Waals surface area contributed by atoms with Gasteiger partial charge in [0.25, 0.3) is 0 Å². The lowest BCUT2D eigenvalue weighted by atomic mass is 10.2. The normalized spacial score (nSPS) is 18.7. The summed E-state index contributed by atoms with van der Waals surface area (Å²) in [5.74, 6) is 0. The maximum atomic E-state index is 9.22. The molecule has 0 radical (unpaired) electrons. The summed E-state index contributed by atoms with van der Waals surface area (Å²) >= 11 is 0. The lowest BCUT2D eigenvalue weighted by Gasteiger charge is -2.30. The highest BCUT2D eigenvalue weighted by Gasteiger charge is 2.15. The maximum absolute atomic E-state index is 9.22. The minimum absolute atomic E-state index is 0.198. The van der Waals surface area contributed by atoms with Crippen LogP contribution in [-0.4, -0.2) is 53.0 Å². The predicted molar refractivity (Wildman–Crippen MR) is 53.5 cm³/mol. The minimum Gasteiger partial charge on any atom is -0.392 e. The van der Waals surface area contributed by atoms with Crippen molar-refractivity contribution in [3.8, 4) is 0 Å². The van der Waals surface area contributed by atoms with Gasteiger partial charge in [-0.05, 0) is 20.8 Å². The van der Waals surface area contributed by atoms with Crippen LogP contribution in [0, 0.1) is 0 Å². The highest BCUT2D eigenvalue weighted by molar-refractivity contribution is 4.71. The van der Waals surface area contributed by atoms with Gasteiger partial charge < -0.3 is 15.9 Å². The van der Waals surface area contributed by atoms with Crippen molar-refractivity contribution < 1.29 is 10.2 Å². The molecule has 0 spiro atoms. The lowest BCUT2D eigenvalue weighted by Crippen LogP contribution is -2.45. The van der Waals surface area contributed by atoms with E-state index >= 15 is 0 Å². The molecule has 0 bridgehead atoms. The van der Waals surface area contributed by atoms with Crippen molar-refractivity contribution in [2.75, 3.05) is 19.6 Å². The number of nitrogens with two attached hydrogens (primary N) is 1. The van der Waals surface area contributed by atoms with Crippen LogP contribution in [0.15, 0.2) is 0 Å². The van der Waals surface area contributed by atoms with Crippen LogP contribution in [0.4, 0.5) is 0 Å². The van der Waals surface area contributed by atoms with Gasteiger partial charge in [0, 0.05) is 25.7 Å². The van der Waals surface area contributed by atoms with Gasteiger partial charge in [-0.25, -0.2) is 0 Å². The average Bonchev–Trinajstić information content (AvgIpc) is 2.00. The van der Waals surface area contributed by atoms with E-state index in [1.54, 1.807) is 13.8 Å². The molecule has 80 valence electrons. The summed E-state index contributed by atoms with van der Waals surface area (Å²) in [7, 11) is 0. The Morgan fingerprint density at radius 1 is 1.08 bits per heavy atom. The molecule has 0 aliphatic rings. The molecule has 4 N–H and O–H groups in total. The standard InChI is InChI=1S/C9H22N2O2/c1-7(4-10)11(5-8(2)12)6-9(3)13/h7-9,12-13H,4-6,10H2,1-3H3. The van der Waals surface area contributed by atoms with Crippen molar-refractivity contribution in [2.45, 2.75) is 39.0 Å². The predicted octanol–water partition coefficient (Wildman–Crippen LogP) is -0.603. The Morgan fingerprint density at radius 3 is 1.69 bits per heavy atom. The van der Waals surface area contributed by atoms with Crippen LogP contribution in [0.2, 0.25) is 0 Å². The SMILES string of the molecule is CC(O)CN(CC(C)O)C(C)CN. The molecule has 13 heavy (non-hydrogen) atoms. The molecule has 3 atom stereocenters. The van der Waals surface area contributed by atoms with E-state index in [9.17, 15) is 10.2 Å². The van der Waals surface area contributed by atoms with Crippen molar-refractivity contribution in [3.63, 3.8) is 0 Å². The van der Waals surface area contributed by atoms with Gasteiger partial charge in [0.05, 0.1) is 12.2 Å². The highest BCUT2D eigenvalue weighted by Crippen LogP contribution is 2.01. The molecule has 0 saturated heterocycles. The number of hydrogen-bond acceptors (Lipinski definition) is 4. The third-order valence-electron chi connectivity index (χ3n) is 1.96. The van der Waals surface area contributed by atoms with Gasteiger partial charge in [0.1, 0.15) is 0 Å². The topological polar surface area (TPSA) is 69.7 Å². The summed E-state index contributed by atoms with van der Waals surface area (Å²) < 4.78 is 0. The quantitative estimate of drug-likeness (QED) is 0.523. The molecule has 0 aliphatic carbocycles. The van der Waals surface area contributed by atoms with E-state index < -0.39 is 0 Å². The van der Waals surface area contributed by atoms with E-state index in [4.69, 9.17) is 5.73 Å². The first-order valence-electron chi connectivity index (χ1n) is 4.77. The Labute approximate surface area is 80.3 Å². The maximum Gasteiger partial charge on any atom is 0.0639 e. The molecule has 4 nitrogen and oxygen atoms in total. The van der Waals surface area contributed by atoms with Gasteiger partial charge in [-0.15, -0.1) is 0 Å². The number of aliphatic hydroxyl groups excluding tert-OH is 2. The summed E-state index contributed by atoms with van der Waals surface area (Å²) in [5, 5.41) is 18.4. The molecule has 0 fully saturated rings. The van der Waals surface area contributed by atoms with Crippen LogP contribution >= 0.6 is 0 Å². The Balaban J connectivity index is 4.02. The van der Waals surface area contributed by atoms with E-state index in [0.717, 1.165) is 0 Å². The van der Waals surface area contributed by atoms with E-state index in [-0.39, 0.29) is 18.2 Å². The third kappa shape index (κ3) is 5.99. The molecule has 0 rings (SSSR count). The summed E-state index contributed by atoms with van der Waals surface area (Å²) in [6.45, 7) is 7.12. The largest absolute Gasteiger partial charge is 0.392 e. The molecule has 0 aromatic heterocycles. The highest BCUT2D eigenvalue weighted by atomic mass is 16.3. The van der Waals surface area contributed by atoms with Crippen LogP contribution in [0.3, 0.4) is 0 Å². The Morgan fingerprint density at radius 2 is 1.46 bits per heavy atom.